The average Bonchev–Trinajstić information content (AvgIpc) is 2.84. The van der Waals surface area contributed by atoms with Crippen molar-refractivity contribution in [3.8, 4) is 17.3 Å². The minimum Gasteiger partial charge on any atom is -0.472 e. The van der Waals surface area contributed by atoms with Gasteiger partial charge in [0.1, 0.15) is 11.8 Å². The molecule has 0 unspecified atom stereocenters. The third-order valence-corrected chi connectivity index (χ3v) is 6.81. The molecule has 9 heteroatoms. The van der Waals surface area contributed by atoms with E-state index in [1.807, 2.05) is 36.9 Å². The molecule has 3 fully saturated rings. The van der Waals surface area contributed by atoms with E-state index in [1.54, 1.807) is 12.4 Å². The monoisotopic (exact) mass is 482 g/mol. The maximum atomic E-state index is 13.9. The Morgan fingerprint density at radius 1 is 1.06 bits per heavy atom. The number of amides is 1. The number of aryl methyl sites for hydroxylation is 2. The normalized spacial score (nSPS) is 21.7. The molecule has 0 N–H and O–H groups in total. The van der Waals surface area contributed by atoms with E-state index < -0.39 is 11.7 Å². The summed E-state index contributed by atoms with van der Waals surface area (Å²) in [4.78, 5) is 28.6. The zero-order chi connectivity index (χ0) is 24.7. The maximum Gasteiger partial charge on any atom is 0.417 e. The first-order valence-electron chi connectivity index (χ1n) is 11.6. The molecule has 2 bridgehead atoms. The van der Waals surface area contributed by atoms with Gasteiger partial charge in [0.15, 0.2) is 0 Å². The summed E-state index contributed by atoms with van der Waals surface area (Å²) in [6, 6.07) is 7.62. The van der Waals surface area contributed by atoms with Crippen LogP contribution in [0, 0.1) is 19.8 Å². The van der Waals surface area contributed by atoms with Gasteiger partial charge in [0, 0.05) is 31.2 Å². The number of carbonyl (C=O) groups is 1. The van der Waals surface area contributed by atoms with Crippen LogP contribution in [0.2, 0.25) is 0 Å². The maximum absolute atomic E-state index is 13.9. The van der Waals surface area contributed by atoms with Crippen LogP contribution in [0.1, 0.15) is 46.3 Å². The van der Waals surface area contributed by atoms with E-state index in [0.717, 1.165) is 42.7 Å². The Labute approximate surface area is 201 Å². The lowest BCUT2D eigenvalue weighted by atomic mass is 9.77. The van der Waals surface area contributed by atoms with Crippen LogP contribution < -0.4 is 4.74 Å². The van der Waals surface area contributed by atoms with Crippen LogP contribution >= 0.6 is 0 Å². The fraction of sp³-hybridized carbons (Fsp3) is 0.385. The predicted octanol–water partition coefficient (Wildman–Crippen LogP) is 5.25. The minimum atomic E-state index is -4.45. The molecule has 6 rings (SSSR count). The lowest BCUT2D eigenvalue weighted by molar-refractivity contribution is -0.137. The zero-order valence-electron chi connectivity index (χ0n) is 19.4. The topological polar surface area (TPSA) is 68.2 Å². The number of fused-ring (bicyclic) bond motifs is 3. The predicted molar refractivity (Wildman–Crippen MR) is 123 cm³/mol. The van der Waals surface area contributed by atoms with Crippen molar-refractivity contribution >= 4 is 5.91 Å². The molecule has 182 valence electrons. The Morgan fingerprint density at radius 2 is 1.89 bits per heavy atom. The highest BCUT2D eigenvalue weighted by molar-refractivity contribution is 6.00. The van der Waals surface area contributed by atoms with Gasteiger partial charge in [-0.2, -0.15) is 13.2 Å². The molecule has 0 spiro atoms. The van der Waals surface area contributed by atoms with Gasteiger partial charge < -0.3 is 9.64 Å². The fourth-order valence-electron chi connectivity index (χ4n) is 5.07. The first-order valence-corrected chi connectivity index (χ1v) is 11.6. The lowest BCUT2D eigenvalue weighted by Gasteiger charge is -2.49. The molecule has 2 aliphatic heterocycles. The van der Waals surface area contributed by atoms with E-state index in [9.17, 15) is 18.0 Å². The third kappa shape index (κ3) is 4.59. The zero-order valence-corrected chi connectivity index (χ0v) is 19.4. The highest BCUT2D eigenvalue weighted by atomic mass is 19.4. The highest BCUT2D eigenvalue weighted by Crippen LogP contribution is 2.39. The van der Waals surface area contributed by atoms with Crippen molar-refractivity contribution < 1.29 is 22.7 Å². The molecule has 3 aromatic heterocycles. The summed E-state index contributed by atoms with van der Waals surface area (Å²) in [5.41, 5.74) is 2.67. The molecule has 6 nitrogen and oxygen atoms in total. The number of aromatic nitrogens is 3. The molecule has 1 saturated carbocycles. The van der Waals surface area contributed by atoms with Gasteiger partial charge in [0.05, 0.1) is 22.9 Å². The van der Waals surface area contributed by atoms with Gasteiger partial charge in [0.2, 0.25) is 5.88 Å². The number of hydrogen-bond donors (Lipinski definition) is 0. The summed E-state index contributed by atoms with van der Waals surface area (Å²) >= 11 is 0. The quantitative estimate of drug-likeness (QED) is 0.508. The number of carbonyl (C=O) groups excluding carboxylic acids is 1. The van der Waals surface area contributed by atoms with Gasteiger partial charge in [-0.05, 0) is 68.4 Å². The van der Waals surface area contributed by atoms with Crippen molar-refractivity contribution in [3.63, 3.8) is 0 Å². The van der Waals surface area contributed by atoms with Gasteiger partial charge in [-0.3, -0.25) is 14.8 Å². The average molecular weight is 483 g/mol. The number of pyridine rings is 3. The second kappa shape index (κ2) is 8.94. The summed E-state index contributed by atoms with van der Waals surface area (Å²) in [6.45, 7) is 4.43. The number of nitrogens with zero attached hydrogens (tertiary/aromatic N) is 4. The van der Waals surface area contributed by atoms with E-state index in [-0.39, 0.29) is 29.9 Å². The van der Waals surface area contributed by atoms with Crippen LogP contribution in [0.25, 0.3) is 11.4 Å². The molecule has 3 atom stereocenters. The molecule has 3 aliphatic rings. The molecule has 1 aliphatic carbocycles. The summed E-state index contributed by atoms with van der Waals surface area (Å²) in [5, 5.41) is 0. The van der Waals surface area contributed by atoms with Crippen LogP contribution in [0.5, 0.6) is 5.88 Å². The number of alkyl halides is 3. The SMILES string of the molecule is Cc1cnc(-c2ncccc2C)c(C(=O)N2C[C@@H]3CC[C@H]2[C@H](Oc2ccc(C(F)(F)F)cn2)C3)c1. The summed E-state index contributed by atoms with van der Waals surface area (Å²) < 4.78 is 44.7. The van der Waals surface area contributed by atoms with Crippen molar-refractivity contribution in [1.29, 1.82) is 0 Å². The number of piperidine rings is 2. The minimum absolute atomic E-state index is 0.130. The van der Waals surface area contributed by atoms with Crippen molar-refractivity contribution in [2.75, 3.05) is 6.54 Å². The summed E-state index contributed by atoms with van der Waals surface area (Å²) in [6.07, 6.45) is 1.87. The molecule has 3 aromatic rings. The molecule has 2 saturated heterocycles. The van der Waals surface area contributed by atoms with E-state index in [0.29, 0.717) is 23.5 Å². The van der Waals surface area contributed by atoms with Crippen molar-refractivity contribution in [1.82, 2.24) is 19.9 Å². The molecular formula is C26H25F3N4O2. The number of hydrogen-bond acceptors (Lipinski definition) is 5. The van der Waals surface area contributed by atoms with Gasteiger partial charge in [0.25, 0.3) is 5.91 Å². The second-order valence-corrected chi connectivity index (χ2v) is 9.32. The fourth-order valence-corrected chi connectivity index (χ4v) is 5.07. The van der Waals surface area contributed by atoms with Gasteiger partial charge >= 0.3 is 6.18 Å². The molecule has 0 aromatic carbocycles. The Bertz CT molecular complexity index is 1250. The second-order valence-electron chi connectivity index (χ2n) is 9.32. The van der Waals surface area contributed by atoms with Crippen molar-refractivity contribution in [3.05, 3.63) is 71.2 Å². The van der Waals surface area contributed by atoms with Crippen molar-refractivity contribution in [2.45, 2.75) is 51.4 Å². The molecule has 35 heavy (non-hydrogen) atoms. The van der Waals surface area contributed by atoms with Gasteiger partial charge in [-0.1, -0.05) is 6.07 Å². The van der Waals surface area contributed by atoms with E-state index in [1.165, 1.54) is 6.07 Å². The molecule has 0 radical (unpaired) electrons. The van der Waals surface area contributed by atoms with Gasteiger partial charge in [-0.25, -0.2) is 4.98 Å². The van der Waals surface area contributed by atoms with Crippen LogP contribution in [0.15, 0.2) is 48.9 Å². The number of rotatable bonds is 4. The summed E-state index contributed by atoms with van der Waals surface area (Å²) in [5.74, 6) is 0.246. The number of halogens is 3. The Balaban J connectivity index is 1.42. The van der Waals surface area contributed by atoms with Crippen LogP contribution in [0.4, 0.5) is 13.2 Å². The third-order valence-electron chi connectivity index (χ3n) is 6.81. The molecular weight excluding hydrogens is 457 g/mol. The van der Waals surface area contributed by atoms with Gasteiger partial charge in [-0.15, -0.1) is 0 Å². The smallest absolute Gasteiger partial charge is 0.417 e. The Hall–Kier alpha value is -3.49. The number of ether oxygens (including phenoxy) is 1. The Kier molecular flexibility index (Phi) is 5.94. The van der Waals surface area contributed by atoms with E-state index in [2.05, 4.69) is 15.0 Å². The van der Waals surface area contributed by atoms with E-state index >= 15 is 0 Å². The van der Waals surface area contributed by atoms with Crippen LogP contribution in [-0.4, -0.2) is 44.4 Å². The van der Waals surface area contributed by atoms with Crippen LogP contribution in [0.3, 0.4) is 0 Å². The van der Waals surface area contributed by atoms with Crippen LogP contribution in [-0.2, 0) is 6.18 Å². The molecule has 5 heterocycles. The first kappa shape index (κ1) is 23.3. The Morgan fingerprint density at radius 3 is 2.57 bits per heavy atom. The standard InChI is InChI=1S/C26H25F3N4O2/c1-15-10-19(24(32-12-15)23-16(2)4-3-9-30-23)25(34)33-14-17-5-7-20(33)21(11-17)35-22-8-6-18(13-31-22)26(27,28)29/h3-4,6,8-10,12-13,17,20-21H,5,7,11,14H2,1-2H3/t17-,20+,21-/m1/s1. The largest absolute Gasteiger partial charge is 0.472 e. The van der Waals surface area contributed by atoms with E-state index in [4.69, 9.17) is 4.74 Å². The first-order chi connectivity index (χ1) is 16.7. The van der Waals surface area contributed by atoms with Crippen molar-refractivity contribution in [2.24, 2.45) is 5.92 Å². The highest BCUT2D eigenvalue weighted by Gasteiger charge is 2.45. The summed E-state index contributed by atoms with van der Waals surface area (Å²) in [7, 11) is 0. The molecule has 1 amide bonds. The lowest BCUT2D eigenvalue weighted by Crippen LogP contribution is -2.59.